The molecular formula is C16H18N2O2. The summed E-state index contributed by atoms with van der Waals surface area (Å²) in [6.45, 7) is 0. The van der Waals surface area contributed by atoms with E-state index in [2.05, 4.69) is 0 Å². The molecule has 0 heterocycles. The maximum Gasteiger partial charge on any atom is 0.143 e. The normalized spacial score (nSPS) is 10.7. The smallest absolute Gasteiger partial charge is 0.143 e. The molecule has 0 bridgehead atoms. The lowest BCUT2D eigenvalue weighted by Crippen LogP contribution is -2.00. The quantitative estimate of drug-likeness (QED) is 0.661. The van der Waals surface area contributed by atoms with Crippen molar-refractivity contribution in [3.05, 3.63) is 47.5 Å². The second-order valence-corrected chi connectivity index (χ2v) is 4.29. The van der Waals surface area contributed by atoms with Gasteiger partial charge in [-0.25, -0.2) is 0 Å². The van der Waals surface area contributed by atoms with Gasteiger partial charge in [0.05, 0.1) is 25.6 Å². The predicted molar refractivity (Wildman–Crippen MR) is 83.7 cm³/mol. The van der Waals surface area contributed by atoms with Crippen LogP contribution in [-0.2, 0) is 0 Å². The Bertz CT molecular complexity index is 619. The average molecular weight is 270 g/mol. The maximum atomic E-state index is 5.99. The highest BCUT2D eigenvalue weighted by Gasteiger charge is 2.05. The molecule has 0 saturated carbocycles. The number of methoxy groups -OCH3 is 2. The summed E-state index contributed by atoms with van der Waals surface area (Å²) in [7, 11) is 3.21. The molecule has 20 heavy (non-hydrogen) atoms. The summed E-state index contributed by atoms with van der Waals surface area (Å²) in [5.41, 5.74) is 14.8. The van der Waals surface area contributed by atoms with E-state index in [4.69, 9.17) is 20.9 Å². The van der Waals surface area contributed by atoms with Gasteiger partial charge in [-0.05, 0) is 35.4 Å². The molecule has 0 atom stereocenters. The summed E-state index contributed by atoms with van der Waals surface area (Å²) < 4.78 is 10.2. The Morgan fingerprint density at radius 1 is 0.800 bits per heavy atom. The van der Waals surface area contributed by atoms with Crippen molar-refractivity contribution in [2.75, 3.05) is 25.7 Å². The predicted octanol–water partition coefficient (Wildman–Crippen LogP) is 3.04. The summed E-state index contributed by atoms with van der Waals surface area (Å²) in [5.74, 6) is 1.42. The number of benzene rings is 2. The zero-order valence-electron chi connectivity index (χ0n) is 11.6. The van der Waals surface area contributed by atoms with Gasteiger partial charge in [-0.1, -0.05) is 24.3 Å². The molecule has 104 valence electrons. The van der Waals surface area contributed by atoms with Crippen molar-refractivity contribution in [3.63, 3.8) is 0 Å². The lowest BCUT2D eigenvalue weighted by molar-refractivity contribution is 0.415. The van der Waals surface area contributed by atoms with E-state index in [1.807, 2.05) is 42.5 Å². The number of nitrogen functional groups attached to an aromatic ring is 2. The Morgan fingerprint density at radius 3 is 2.10 bits per heavy atom. The minimum absolute atomic E-state index is 0.462. The molecule has 0 aromatic heterocycles. The molecule has 0 aliphatic carbocycles. The molecule has 4 heteroatoms. The van der Waals surface area contributed by atoms with Gasteiger partial charge in [0, 0.05) is 0 Å². The minimum Gasteiger partial charge on any atom is -0.497 e. The van der Waals surface area contributed by atoms with Crippen molar-refractivity contribution in [2.24, 2.45) is 0 Å². The van der Waals surface area contributed by atoms with Gasteiger partial charge in [-0.15, -0.1) is 0 Å². The molecule has 0 amide bonds. The molecule has 2 aromatic rings. The van der Waals surface area contributed by atoms with Crippen LogP contribution >= 0.6 is 0 Å². The number of hydrogen-bond donors (Lipinski definition) is 2. The zero-order chi connectivity index (χ0) is 14.5. The number of hydrogen-bond acceptors (Lipinski definition) is 4. The lowest BCUT2D eigenvalue weighted by atomic mass is 10.1. The van der Waals surface area contributed by atoms with Crippen LogP contribution in [0.3, 0.4) is 0 Å². The number of nitrogens with two attached hydrogens (primary N) is 2. The van der Waals surface area contributed by atoms with Gasteiger partial charge in [0.15, 0.2) is 0 Å². The Hall–Kier alpha value is -2.62. The summed E-state index contributed by atoms with van der Waals surface area (Å²) in [6.07, 6.45) is 3.89. The number of anilines is 2. The molecule has 0 unspecified atom stereocenters. The average Bonchev–Trinajstić information content (AvgIpc) is 2.49. The highest BCUT2D eigenvalue weighted by Crippen LogP contribution is 2.31. The largest absolute Gasteiger partial charge is 0.497 e. The van der Waals surface area contributed by atoms with Crippen molar-refractivity contribution in [2.45, 2.75) is 0 Å². The van der Waals surface area contributed by atoms with Crippen molar-refractivity contribution in [3.8, 4) is 11.5 Å². The lowest BCUT2D eigenvalue weighted by Gasteiger charge is -2.09. The molecular weight excluding hydrogens is 252 g/mol. The summed E-state index contributed by atoms with van der Waals surface area (Å²) in [4.78, 5) is 0. The van der Waals surface area contributed by atoms with Crippen LogP contribution in [0.2, 0.25) is 0 Å². The highest BCUT2D eigenvalue weighted by atomic mass is 16.5. The van der Waals surface area contributed by atoms with E-state index >= 15 is 0 Å². The molecule has 0 aliphatic rings. The molecule has 4 N–H and O–H groups in total. The maximum absolute atomic E-state index is 5.99. The van der Waals surface area contributed by atoms with Gasteiger partial charge < -0.3 is 20.9 Å². The van der Waals surface area contributed by atoms with Crippen molar-refractivity contribution in [1.29, 1.82) is 0 Å². The molecule has 0 saturated heterocycles. The third kappa shape index (κ3) is 2.85. The first kappa shape index (κ1) is 13.8. The molecule has 0 fully saturated rings. The fourth-order valence-corrected chi connectivity index (χ4v) is 1.86. The van der Waals surface area contributed by atoms with Gasteiger partial charge in [-0.3, -0.25) is 0 Å². The van der Waals surface area contributed by atoms with Crippen LogP contribution in [0.15, 0.2) is 36.4 Å². The molecule has 4 nitrogen and oxygen atoms in total. The Morgan fingerprint density at radius 2 is 1.50 bits per heavy atom. The van der Waals surface area contributed by atoms with E-state index in [1.165, 1.54) is 0 Å². The van der Waals surface area contributed by atoms with E-state index in [9.17, 15) is 0 Å². The molecule has 0 radical (unpaired) electrons. The third-order valence-electron chi connectivity index (χ3n) is 3.07. The first-order valence-electron chi connectivity index (χ1n) is 6.19. The van der Waals surface area contributed by atoms with E-state index in [0.29, 0.717) is 17.1 Å². The minimum atomic E-state index is 0.462. The number of ether oxygens (including phenoxy) is 2. The molecule has 2 aromatic carbocycles. The van der Waals surface area contributed by atoms with Crippen LogP contribution in [0, 0.1) is 0 Å². The van der Waals surface area contributed by atoms with E-state index in [-0.39, 0.29) is 0 Å². The zero-order valence-corrected chi connectivity index (χ0v) is 11.6. The van der Waals surface area contributed by atoms with Crippen LogP contribution in [0.4, 0.5) is 11.4 Å². The van der Waals surface area contributed by atoms with Gasteiger partial charge in [-0.2, -0.15) is 0 Å². The molecule has 0 spiro atoms. The third-order valence-corrected chi connectivity index (χ3v) is 3.07. The standard InChI is InChI=1S/C16H18N2O2/c1-19-13-8-4-11(5-9-13)3-6-12-7-10-14(20-2)16(18)15(12)17/h3-10H,17-18H2,1-2H3. The Kier molecular flexibility index (Phi) is 4.15. The second kappa shape index (κ2) is 6.02. The van der Waals surface area contributed by atoms with Crippen LogP contribution in [0.5, 0.6) is 11.5 Å². The second-order valence-electron chi connectivity index (χ2n) is 4.29. The van der Waals surface area contributed by atoms with Crippen LogP contribution in [0.1, 0.15) is 11.1 Å². The highest BCUT2D eigenvalue weighted by molar-refractivity contribution is 5.84. The number of rotatable bonds is 4. The van der Waals surface area contributed by atoms with E-state index < -0.39 is 0 Å². The van der Waals surface area contributed by atoms with E-state index in [1.54, 1.807) is 20.3 Å². The van der Waals surface area contributed by atoms with Crippen molar-refractivity contribution < 1.29 is 9.47 Å². The Labute approximate surface area is 118 Å². The van der Waals surface area contributed by atoms with Crippen LogP contribution < -0.4 is 20.9 Å². The fourth-order valence-electron chi connectivity index (χ4n) is 1.86. The van der Waals surface area contributed by atoms with Gasteiger partial charge in [0.25, 0.3) is 0 Å². The van der Waals surface area contributed by atoms with Gasteiger partial charge in [0.2, 0.25) is 0 Å². The van der Waals surface area contributed by atoms with Gasteiger partial charge >= 0.3 is 0 Å². The fraction of sp³-hybridized carbons (Fsp3) is 0.125. The van der Waals surface area contributed by atoms with Crippen LogP contribution in [-0.4, -0.2) is 14.2 Å². The first-order valence-corrected chi connectivity index (χ1v) is 6.19. The molecule has 2 rings (SSSR count). The monoisotopic (exact) mass is 270 g/mol. The first-order chi connectivity index (χ1) is 9.65. The molecule has 0 aliphatic heterocycles. The van der Waals surface area contributed by atoms with E-state index in [0.717, 1.165) is 16.9 Å². The SMILES string of the molecule is COc1ccc(C=Cc2ccc(OC)c(N)c2N)cc1. The summed E-state index contributed by atoms with van der Waals surface area (Å²) in [6, 6.07) is 11.4. The summed E-state index contributed by atoms with van der Waals surface area (Å²) >= 11 is 0. The van der Waals surface area contributed by atoms with Crippen LogP contribution in [0.25, 0.3) is 12.2 Å². The van der Waals surface area contributed by atoms with Crippen molar-refractivity contribution in [1.82, 2.24) is 0 Å². The van der Waals surface area contributed by atoms with Crippen molar-refractivity contribution >= 4 is 23.5 Å². The Balaban J connectivity index is 2.24. The summed E-state index contributed by atoms with van der Waals surface area (Å²) in [5, 5.41) is 0. The van der Waals surface area contributed by atoms with Gasteiger partial charge in [0.1, 0.15) is 11.5 Å². The topological polar surface area (TPSA) is 70.5 Å².